The van der Waals surface area contributed by atoms with Gasteiger partial charge >= 0.3 is 6.18 Å². The predicted molar refractivity (Wildman–Crippen MR) is 131 cm³/mol. The number of anilines is 1. The highest BCUT2D eigenvalue weighted by Gasteiger charge is 2.34. The van der Waals surface area contributed by atoms with Crippen molar-refractivity contribution in [2.24, 2.45) is 5.92 Å². The number of pyridine rings is 1. The number of carbonyl (C=O) groups is 1. The van der Waals surface area contributed by atoms with Crippen LogP contribution in [0.3, 0.4) is 0 Å². The summed E-state index contributed by atoms with van der Waals surface area (Å²) < 4.78 is 41.0. The van der Waals surface area contributed by atoms with Crippen LogP contribution in [0.15, 0.2) is 48.7 Å². The summed E-state index contributed by atoms with van der Waals surface area (Å²) >= 11 is 6.05. The van der Waals surface area contributed by atoms with Gasteiger partial charge < -0.3 is 4.90 Å². The van der Waals surface area contributed by atoms with Gasteiger partial charge in [0.1, 0.15) is 0 Å². The molecule has 0 unspecified atom stereocenters. The summed E-state index contributed by atoms with van der Waals surface area (Å²) in [6.07, 6.45) is 0.921. The highest BCUT2D eigenvalue weighted by atomic mass is 35.5. The molecule has 2 heterocycles. The predicted octanol–water partition coefficient (Wildman–Crippen LogP) is 7.00. The van der Waals surface area contributed by atoms with Gasteiger partial charge in [-0.05, 0) is 79.0 Å². The summed E-state index contributed by atoms with van der Waals surface area (Å²) in [6.45, 7) is 2.54. The Kier molecular flexibility index (Phi) is 6.34. The van der Waals surface area contributed by atoms with Crippen LogP contribution in [0.2, 0.25) is 5.02 Å². The number of halogens is 4. The molecule has 2 aromatic carbocycles. The van der Waals surface area contributed by atoms with Gasteiger partial charge in [-0.1, -0.05) is 35.9 Å². The van der Waals surface area contributed by atoms with Gasteiger partial charge in [-0.15, -0.1) is 0 Å². The Labute approximate surface area is 207 Å². The molecule has 0 N–H and O–H groups in total. The molecule has 1 aromatic heterocycles. The average molecular weight is 499 g/mol. The summed E-state index contributed by atoms with van der Waals surface area (Å²) in [6, 6.07) is 12.0. The largest absolute Gasteiger partial charge is 0.416 e. The molecule has 3 nitrogen and oxygen atoms in total. The summed E-state index contributed by atoms with van der Waals surface area (Å²) in [5, 5.41) is 0.265. The van der Waals surface area contributed by atoms with Crippen LogP contribution in [0.5, 0.6) is 0 Å². The zero-order valence-corrected chi connectivity index (χ0v) is 20.2. The Morgan fingerprint density at radius 3 is 2.54 bits per heavy atom. The van der Waals surface area contributed by atoms with Crippen molar-refractivity contribution in [1.82, 2.24) is 4.98 Å². The van der Waals surface area contributed by atoms with Crippen molar-refractivity contribution in [1.29, 1.82) is 0 Å². The molecule has 0 saturated heterocycles. The van der Waals surface area contributed by atoms with E-state index in [0.29, 0.717) is 18.5 Å². The Balaban J connectivity index is 1.42. The van der Waals surface area contributed by atoms with E-state index in [2.05, 4.69) is 17.1 Å². The van der Waals surface area contributed by atoms with Gasteiger partial charge in [-0.2, -0.15) is 13.2 Å². The Hall–Kier alpha value is -2.86. The molecule has 3 aromatic rings. The van der Waals surface area contributed by atoms with E-state index in [-0.39, 0.29) is 28.8 Å². The van der Waals surface area contributed by atoms with Gasteiger partial charge in [0.15, 0.2) is 5.78 Å². The molecule has 7 heteroatoms. The van der Waals surface area contributed by atoms with Crippen LogP contribution in [-0.2, 0) is 32.0 Å². The van der Waals surface area contributed by atoms with Crippen molar-refractivity contribution in [3.05, 3.63) is 92.8 Å². The second kappa shape index (κ2) is 9.30. The lowest BCUT2D eigenvalue weighted by Crippen LogP contribution is -2.32. The van der Waals surface area contributed by atoms with Crippen molar-refractivity contribution in [2.45, 2.75) is 51.7 Å². The summed E-state index contributed by atoms with van der Waals surface area (Å²) in [4.78, 5) is 19.8. The maximum Gasteiger partial charge on any atom is 0.416 e. The van der Waals surface area contributed by atoms with Gasteiger partial charge in [0.05, 0.1) is 16.9 Å². The van der Waals surface area contributed by atoms with Crippen molar-refractivity contribution in [3.8, 4) is 0 Å². The van der Waals surface area contributed by atoms with E-state index in [1.807, 2.05) is 24.0 Å². The molecule has 2 aliphatic rings. The Morgan fingerprint density at radius 1 is 1.14 bits per heavy atom. The fourth-order valence-electron chi connectivity index (χ4n) is 5.58. The number of ketones is 1. The summed E-state index contributed by atoms with van der Waals surface area (Å²) in [5.41, 5.74) is 5.02. The highest BCUT2D eigenvalue weighted by molar-refractivity contribution is 6.30. The lowest BCUT2D eigenvalue weighted by molar-refractivity contribution is -0.138. The highest BCUT2D eigenvalue weighted by Crippen LogP contribution is 2.38. The number of aromatic nitrogens is 1. The van der Waals surface area contributed by atoms with Crippen molar-refractivity contribution >= 4 is 23.1 Å². The normalized spacial score (nSPS) is 15.7. The quantitative estimate of drug-likeness (QED) is 0.355. The van der Waals surface area contributed by atoms with E-state index in [1.54, 1.807) is 6.20 Å². The molecule has 0 atom stereocenters. The smallest absolute Gasteiger partial charge is 0.365 e. The standard InChI is InChI=1S/C28H26ClF3N2O/c1-17-23(26(35)13-18-11-19-5-2-3-6-20(19)12-18)15-33-25-7-4-10-34(27(17)25)16-21-14-22(29)8-9-24(21)28(30,31)32/h2-3,5-6,8-9,14-15,18H,4,7,10-13,16H2,1H3. The number of alkyl halides is 3. The molecular weight excluding hydrogens is 473 g/mol. The topological polar surface area (TPSA) is 33.2 Å². The zero-order valence-electron chi connectivity index (χ0n) is 19.5. The third kappa shape index (κ3) is 4.81. The number of rotatable bonds is 5. The van der Waals surface area contributed by atoms with Gasteiger partial charge in [-0.3, -0.25) is 9.78 Å². The van der Waals surface area contributed by atoms with Crippen LogP contribution in [0.4, 0.5) is 18.9 Å². The molecule has 0 fully saturated rings. The SMILES string of the molecule is Cc1c(C(=O)CC2Cc3ccccc3C2)cnc2c1N(Cc1cc(Cl)ccc1C(F)(F)F)CCC2. The third-order valence-electron chi connectivity index (χ3n) is 7.18. The number of benzene rings is 2. The first-order chi connectivity index (χ1) is 16.7. The van der Waals surface area contributed by atoms with E-state index >= 15 is 0 Å². The van der Waals surface area contributed by atoms with Gasteiger partial charge in [0, 0.05) is 36.3 Å². The van der Waals surface area contributed by atoms with E-state index in [4.69, 9.17) is 11.6 Å². The maximum absolute atomic E-state index is 13.7. The van der Waals surface area contributed by atoms with E-state index in [0.717, 1.165) is 48.7 Å². The first-order valence-electron chi connectivity index (χ1n) is 11.9. The summed E-state index contributed by atoms with van der Waals surface area (Å²) in [7, 11) is 0. The lowest BCUT2D eigenvalue weighted by atomic mass is 9.92. The maximum atomic E-state index is 13.7. The van der Waals surface area contributed by atoms with Crippen LogP contribution in [0.25, 0.3) is 0 Å². The number of hydrogen-bond acceptors (Lipinski definition) is 3. The number of carbonyl (C=O) groups excluding carboxylic acids is 1. The third-order valence-corrected chi connectivity index (χ3v) is 7.42. The monoisotopic (exact) mass is 498 g/mol. The Morgan fingerprint density at radius 2 is 1.86 bits per heavy atom. The van der Waals surface area contributed by atoms with Crippen LogP contribution in [-0.4, -0.2) is 17.3 Å². The number of hydrogen-bond donors (Lipinski definition) is 0. The second-order valence-corrected chi connectivity index (χ2v) is 10.0. The minimum absolute atomic E-state index is 0.0415. The van der Waals surface area contributed by atoms with Crippen LogP contribution in [0, 0.1) is 12.8 Å². The molecule has 0 radical (unpaired) electrons. The molecular formula is C28H26ClF3N2O. The molecule has 0 amide bonds. The molecule has 35 heavy (non-hydrogen) atoms. The first-order valence-corrected chi connectivity index (χ1v) is 12.3. The fraction of sp³-hybridized carbons (Fsp3) is 0.357. The minimum atomic E-state index is -4.47. The Bertz CT molecular complexity index is 1260. The molecule has 5 rings (SSSR count). The van der Waals surface area contributed by atoms with Gasteiger partial charge in [-0.25, -0.2) is 0 Å². The number of fused-ring (bicyclic) bond motifs is 2. The number of nitrogens with zero attached hydrogens (tertiary/aromatic N) is 2. The minimum Gasteiger partial charge on any atom is -0.365 e. The average Bonchev–Trinajstić information content (AvgIpc) is 3.20. The number of aryl methyl sites for hydroxylation is 1. The van der Waals surface area contributed by atoms with Crippen molar-refractivity contribution in [3.63, 3.8) is 0 Å². The zero-order chi connectivity index (χ0) is 24.7. The van der Waals surface area contributed by atoms with Crippen LogP contribution < -0.4 is 4.90 Å². The second-order valence-electron chi connectivity index (χ2n) is 9.59. The van der Waals surface area contributed by atoms with Gasteiger partial charge in [0.2, 0.25) is 0 Å². The lowest BCUT2D eigenvalue weighted by Gasteiger charge is -2.33. The molecule has 1 aliphatic carbocycles. The first kappa shape index (κ1) is 23.9. The molecule has 1 aliphatic heterocycles. The fourth-order valence-corrected chi connectivity index (χ4v) is 5.77. The van der Waals surface area contributed by atoms with Gasteiger partial charge in [0.25, 0.3) is 0 Å². The van der Waals surface area contributed by atoms with E-state index in [9.17, 15) is 18.0 Å². The van der Waals surface area contributed by atoms with Crippen LogP contribution in [0.1, 0.15) is 56.7 Å². The summed E-state index contributed by atoms with van der Waals surface area (Å²) in [5.74, 6) is 0.298. The van der Waals surface area contributed by atoms with Crippen molar-refractivity contribution in [2.75, 3.05) is 11.4 Å². The molecule has 182 valence electrons. The van der Waals surface area contributed by atoms with E-state index < -0.39 is 11.7 Å². The van der Waals surface area contributed by atoms with Crippen LogP contribution >= 0.6 is 11.6 Å². The molecule has 0 spiro atoms. The van der Waals surface area contributed by atoms with Crippen molar-refractivity contribution < 1.29 is 18.0 Å². The number of Topliss-reactive ketones (excluding diaryl/α,β-unsaturated/α-hetero) is 1. The molecule has 0 saturated carbocycles. The van der Waals surface area contributed by atoms with E-state index in [1.165, 1.54) is 23.3 Å². The molecule has 0 bridgehead atoms.